The Bertz CT molecular complexity index is 547. The number of aliphatic hydroxyl groups excluding tert-OH is 1. The second-order valence-electron chi connectivity index (χ2n) is 4.70. The molecule has 2 aromatic rings. The predicted molar refractivity (Wildman–Crippen MR) is 79.3 cm³/mol. The molecule has 4 heteroatoms. The van der Waals surface area contributed by atoms with Gasteiger partial charge in [-0.05, 0) is 29.7 Å². The van der Waals surface area contributed by atoms with Crippen molar-refractivity contribution < 1.29 is 9.50 Å². The SMILES string of the molecule is OC[C@@H](Cc1ccccc1)NCc1ccc(Cl)c(F)c1. The summed E-state index contributed by atoms with van der Waals surface area (Å²) in [6.45, 7) is 0.525. The molecule has 0 bridgehead atoms. The molecule has 0 unspecified atom stereocenters. The van der Waals surface area contributed by atoms with Crippen LogP contribution in [0.4, 0.5) is 4.39 Å². The van der Waals surface area contributed by atoms with Gasteiger partial charge in [-0.15, -0.1) is 0 Å². The van der Waals surface area contributed by atoms with E-state index in [1.54, 1.807) is 12.1 Å². The van der Waals surface area contributed by atoms with Crippen LogP contribution in [0.3, 0.4) is 0 Å². The molecule has 0 saturated heterocycles. The van der Waals surface area contributed by atoms with E-state index in [-0.39, 0.29) is 17.7 Å². The minimum Gasteiger partial charge on any atom is -0.395 e. The van der Waals surface area contributed by atoms with E-state index < -0.39 is 5.82 Å². The lowest BCUT2D eigenvalue weighted by atomic mass is 10.1. The molecule has 2 N–H and O–H groups in total. The highest BCUT2D eigenvalue weighted by molar-refractivity contribution is 6.30. The Kier molecular flexibility index (Phi) is 5.53. The van der Waals surface area contributed by atoms with Crippen molar-refractivity contribution >= 4 is 11.6 Å². The highest BCUT2D eigenvalue weighted by atomic mass is 35.5. The number of aliphatic hydroxyl groups is 1. The number of benzene rings is 2. The number of nitrogens with one attached hydrogen (secondary N) is 1. The fraction of sp³-hybridized carbons (Fsp3) is 0.250. The molecule has 0 fully saturated rings. The van der Waals surface area contributed by atoms with Crippen LogP contribution in [-0.2, 0) is 13.0 Å². The van der Waals surface area contributed by atoms with Gasteiger partial charge in [0.1, 0.15) is 5.82 Å². The topological polar surface area (TPSA) is 32.3 Å². The third kappa shape index (κ3) is 4.30. The van der Waals surface area contributed by atoms with Gasteiger partial charge in [-0.1, -0.05) is 48.0 Å². The van der Waals surface area contributed by atoms with Crippen molar-refractivity contribution in [2.75, 3.05) is 6.61 Å². The van der Waals surface area contributed by atoms with Crippen molar-refractivity contribution in [1.82, 2.24) is 5.32 Å². The van der Waals surface area contributed by atoms with Crippen molar-refractivity contribution in [3.8, 4) is 0 Å². The lowest BCUT2D eigenvalue weighted by molar-refractivity contribution is 0.241. The van der Waals surface area contributed by atoms with Crippen molar-refractivity contribution in [3.05, 3.63) is 70.5 Å². The average Bonchev–Trinajstić information content (AvgIpc) is 2.48. The van der Waals surface area contributed by atoms with Crippen LogP contribution < -0.4 is 5.32 Å². The van der Waals surface area contributed by atoms with Gasteiger partial charge < -0.3 is 10.4 Å². The summed E-state index contributed by atoms with van der Waals surface area (Å²) in [6, 6.07) is 14.6. The second kappa shape index (κ2) is 7.39. The summed E-state index contributed by atoms with van der Waals surface area (Å²) in [5, 5.41) is 12.7. The van der Waals surface area contributed by atoms with Crippen molar-refractivity contribution in [2.45, 2.75) is 19.0 Å². The second-order valence-corrected chi connectivity index (χ2v) is 5.11. The molecule has 2 aromatic carbocycles. The van der Waals surface area contributed by atoms with Gasteiger partial charge in [0, 0.05) is 12.6 Å². The van der Waals surface area contributed by atoms with E-state index in [9.17, 15) is 9.50 Å². The summed E-state index contributed by atoms with van der Waals surface area (Å²) < 4.78 is 13.3. The van der Waals surface area contributed by atoms with Gasteiger partial charge in [0.05, 0.1) is 11.6 Å². The fourth-order valence-corrected chi connectivity index (χ4v) is 2.13. The summed E-state index contributed by atoms with van der Waals surface area (Å²) in [5.74, 6) is -0.422. The van der Waals surface area contributed by atoms with Crippen LogP contribution in [0.2, 0.25) is 5.02 Å². The van der Waals surface area contributed by atoms with E-state index in [0.717, 1.165) is 17.5 Å². The van der Waals surface area contributed by atoms with E-state index in [4.69, 9.17) is 11.6 Å². The molecular formula is C16H17ClFNO. The Morgan fingerprint density at radius 3 is 2.50 bits per heavy atom. The highest BCUT2D eigenvalue weighted by Crippen LogP contribution is 2.15. The Labute approximate surface area is 123 Å². The Morgan fingerprint density at radius 1 is 1.10 bits per heavy atom. The maximum absolute atomic E-state index is 13.3. The zero-order valence-corrected chi connectivity index (χ0v) is 11.8. The van der Waals surface area contributed by atoms with Gasteiger partial charge >= 0.3 is 0 Å². The van der Waals surface area contributed by atoms with Gasteiger partial charge in [0.25, 0.3) is 0 Å². The van der Waals surface area contributed by atoms with Crippen molar-refractivity contribution in [3.63, 3.8) is 0 Å². The molecule has 2 nitrogen and oxygen atoms in total. The molecule has 0 aliphatic rings. The van der Waals surface area contributed by atoms with Crippen molar-refractivity contribution in [1.29, 1.82) is 0 Å². The lowest BCUT2D eigenvalue weighted by Crippen LogP contribution is -2.34. The van der Waals surface area contributed by atoms with E-state index in [2.05, 4.69) is 5.32 Å². The Hall–Kier alpha value is -1.42. The summed E-state index contributed by atoms with van der Waals surface area (Å²) >= 11 is 5.64. The number of hydrogen-bond acceptors (Lipinski definition) is 2. The first-order valence-corrected chi connectivity index (χ1v) is 6.89. The Balaban J connectivity index is 1.92. The van der Waals surface area contributed by atoms with E-state index in [1.807, 2.05) is 30.3 Å². The molecule has 0 heterocycles. The zero-order valence-electron chi connectivity index (χ0n) is 11.0. The summed E-state index contributed by atoms with van der Waals surface area (Å²) in [5.41, 5.74) is 1.96. The maximum atomic E-state index is 13.3. The molecule has 106 valence electrons. The van der Waals surface area contributed by atoms with Crippen molar-refractivity contribution in [2.24, 2.45) is 0 Å². The summed E-state index contributed by atoms with van der Waals surface area (Å²) in [7, 11) is 0. The molecule has 0 radical (unpaired) electrons. The summed E-state index contributed by atoms with van der Waals surface area (Å²) in [6.07, 6.45) is 0.730. The largest absolute Gasteiger partial charge is 0.395 e. The third-order valence-electron chi connectivity index (χ3n) is 3.12. The average molecular weight is 294 g/mol. The molecule has 2 rings (SSSR count). The highest BCUT2D eigenvalue weighted by Gasteiger charge is 2.08. The van der Waals surface area contributed by atoms with E-state index >= 15 is 0 Å². The molecule has 20 heavy (non-hydrogen) atoms. The molecule has 0 aromatic heterocycles. The molecular weight excluding hydrogens is 277 g/mol. The van der Waals surface area contributed by atoms with Crippen LogP contribution in [0.15, 0.2) is 48.5 Å². The molecule has 0 aliphatic carbocycles. The quantitative estimate of drug-likeness (QED) is 0.857. The zero-order chi connectivity index (χ0) is 14.4. The van der Waals surface area contributed by atoms with E-state index in [1.165, 1.54) is 6.07 Å². The van der Waals surface area contributed by atoms with Crippen LogP contribution in [0, 0.1) is 5.82 Å². The molecule has 0 saturated carbocycles. The van der Waals surface area contributed by atoms with Gasteiger partial charge in [-0.3, -0.25) is 0 Å². The first kappa shape index (κ1) is 15.0. The van der Waals surface area contributed by atoms with Crippen LogP contribution in [0.1, 0.15) is 11.1 Å². The van der Waals surface area contributed by atoms with Crippen LogP contribution in [-0.4, -0.2) is 17.8 Å². The molecule has 0 aliphatic heterocycles. The molecule has 0 amide bonds. The standard InChI is InChI=1S/C16H17ClFNO/c17-15-7-6-13(9-16(15)18)10-19-14(11-20)8-12-4-2-1-3-5-12/h1-7,9,14,19-20H,8,10-11H2/t14-/m1/s1. The number of hydrogen-bond donors (Lipinski definition) is 2. The normalized spacial score (nSPS) is 12.3. The molecule has 0 spiro atoms. The molecule has 1 atom stereocenters. The Morgan fingerprint density at radius 2 is 1.85 bits per heavy atom. The monoisotopic (exact) mass is 293 g/mol. The lowest BCUT2D eigenvalue weighted by Gasteiger charge is -2.16. The minimum atomic E-state index is -0.422. The summed E-state index contributed by atoms with van der Waals surface area (Å²) in [4.78, 5) is 0. The fourth-order valence-electron chi connectivity index (χ4n) is 2.01. The third-order valence-corrected chi connectivity index (χ3v) is 3.43. The maximum Gasteiger partial charge on any atom is 0.142 e. The number of rotatable bonds is 6. The smallest absolute Gasteiger partial charge is 0.142 e. The van der Waals surface area contributed by atoms with Crippen LogP contribution >= 0.6 is 11.6 Å². The van der Waals surface area contributed by atoms with Gasteiger partial charge in [-0.2, -0.15) is 0 Å². The van der Waals surface area contributed by atoms with Crippen LogP contribution in [0.5, 0.6) is 0 Å². The first-order valence-electron chi connectivity index (χ1n) is 6.51. The van der Waals surface area contributed by atoms with Gasteiger partial charge in [0.2, 0.25) is 0 Å². The van der Waals surface area contributed by atoms with E-state index in [0.29, 0.717) is 6.54 Å². The van der Waals surface area contributed by atoms with Gasteiger partial charge in [0.15, 0.2) is 0 Å². The minimum absolute atomic E-state index is 0.0327. The first-order chi connectivity index (χ1) is 9.69. The number of halogens is 2. The van der Waals surface area contributed by atoms with Crippen LogP contribution in [0.25, 0.3) is 0 Å². The predicted octanol–water partition coefficient (Wildman–Crippen LogP) is 3.17. The van der Waals surface area contributed by atoms with Gasteiger partial charge in [-0.25, -0.2) is 4.39 Å².